The second kappa shape index (κ2) is 7.32. The molecule has 7 nitrogen and oxygen atoms in total. The molecule has 3 rings (SSSR count). The lowest BCUT2D eigenvalue weighted by Crippen LogP contribution is -2.39. The Bertz CT molecular complexity index is 643. The normalized spacial score (nSPS) is 18.7. The van der Waals surface area contributed by atoms with Crippen molar-refractivity contribution in [1.82, 2.24) is 25.1 Å². The minimum atomic E-state index is -0.0974. The van der Waals surface area contributed by atoms with Gasteiger partial charge in [-0.2, -0.15) is 4.68 Å². The van der Waals surface area contributed by atoms with E-state index in [0.717, 1.165) is 30.9 Å². The van der Waals surface area contributed by atoms with Gasteiger partial charge in [-0.25, -0.2) is 0 Å². The Kier molecular flexibility index (Phi) is 4.97. The molecule has 0 spiro atoms. The second-order valence-corrected chi connectivity index (χ2v) is 5.67. The number of para-hydroxylation sites is 1. The molecule has 1 aliphatic heterocycles. The van der Waals surface area contributed by atoms with E-state index in [1.54, 1.807) is 4.68 Å². The lowest BCUT2D eigenvalue weighted by molar-refractivity contribution is -0.150. The Morgan fingerprint density at radius 2 is 2.17 bits per heavy atom. The number of nitrogens with zero attached hydrogens (tertiary/aromatic N) is 5. The smallest absolute Gasteiger partial charge is 0.310 e. The Morgan fingerprint density at radius 1 is 1.35 bits per heavy atom. The van der Waals surface area contributed by atoms with Crippen molar-refractivity contribution >= 4 is 5.97 Å². The molecule has 23 heavy (non-hydrogen) atoms. The molecule has 2 heterocycles. The third-order valence-corrected chi connectivity index (χ3v) is 4.03. The number of carbonyl (C=O) groups excluding carboxylic acids is 1. The molecule has 1 aliphatic rings. The number of carbonyl (C=O) groups is 1. The minimum Gasteiger partial charge on any atom is -0.466 e. The number of hydrogen-bond acceptors (Lipinski definition) is 6. The van der Waals surface area contributed by atoms with E-state index in [4.69, 9.17) is 4.74 Å². The van der Waals surface area contributed by atoms with Crippen molar-refractivity contribution in [2.75, 3.05) is 19.7 Å². The number of hydrogen-bond donors (Lipinski definition) is 0. The quantitative estimate of drug-likeness (QED) is 0.777. The maximum Gasteiger partial charge on any atom is 0.310 e. The molecule has 122 valence electrons. The monoisotopic (exact) mass is 315 g/mol. The number of benzene rings is 1. The number of likely N-dealkylation sites (tertiary alicyclic amines) is 1. The summed E-state index contributed by atoms with van der Waals surface area (Å²) in [6.45, 7) is 4.53. The van der Waals surface area contributed by atoms with Crippen LogP contribution in [0.1, 0.15) is 25.6 Å². The number of ether oxygens (including phenoxy) is 1. The zero-order valence-electron chi connectivity index (χ0n) is 13.3. The first-order valence-electron chi connectivity index (χ1n) is 7.99. The molecule has 0 saturated carbocycles. The Hall–Kier alpha value is -2.28. The van der Waals surface area contributed by atoms with Gasteiger partial charge in [-0.15, -0.1) is 5.10 Å². The molecule has 1 aromatic carbocycles. The average molecular weight is 315 g/mol. The standard InChI is InChI=1S/C16H21N5O2/c1-2-23-16(22)13-7-6-10-20(11-13)12-15-17-18-19-21(15)14-8-4-3-5-9-14/h3-5,8-9,13H,2,6-7,10-12H2,1H3. The van der Waals surface area contributed by atoms with Gasteiger partial charge in [-0.3, -0.25) is 9.69 Å². The molecular weight excluding hydrogens is 294 g/mol. The van der Waals surface area contributed by atoms with Crippen LogP contribution in [0.5, 0.6) is 0 Å². The van der Waals surface area contributed by atoms with Crippen molar-refractivity contribution in [3.8, 4) is 5.69 Å². The van der Waals surface area contributed by atoms with Crippen LogP contribution >= 0.6 is 0 Å². The van der Waals surface area contributed by atoms with Crippen molar-refractivity contribution in [1.29, 1.82) is 0 Å². The summed E-state index contributed by atoms with van der Waals surface area (Å²) in [7, 11) is 0. The fourth-order valence-corrected chi connectivity index (χ4v) is 2.93. The first kappa shape index (κ1) is 15.6. The van der Waals surface area contributed by atoms with Crippen molar-refractivity contribution in [3.05, 3.63) is 36.2 Å². The third kappa shape index (κ3) is 3.73. The largest absolute Gasteiger partial charge is 0.466 e. The number of piperidine rings is 1. The summed E-state index contributed by atoms with van der Waals surface area (Å²) in [5.41, 5.74) is 0.937. The van der Waals surface area contributed by atoms with Crippen LogP contribution in [0.2, 0.25) is 0 Å². The SMILES string of the molecule is CCOC(=O)C1CCCN(Cc2nnnn2-c2ccccc2)C1. The van der Waals surface area contributed by atoms with Gasteiger partial charge in [0.2, 0.25) is 0 Å². The fraction of sp³-hybridized carbons (Fsp3) is 0.500. The number of esters is 1. The predicted molar refractivity (Wildman–Crippen MR) is 83.8 cm³/mol. The van der Waals surface area contributed by atoms with Gasteiger partial charge in [0.25, 0.3) is 0 Å². The summed E-state index contributed by atoms with van der Waals surface area (Å²) in [5.74, 6) is 0.630. The van der Waals surface area contributed by atoms with Gasteiger partial charge in [-0.1, -0.05) is 18.2 Å². The van der Waals surface area contributed by atoms with E-state index in [2.05, 4.69) is 20.4 Å². The van der Waals surface area contributed by atoms with Gasteiger partial charge in [0.15, 0.2) is 5.82 Å². The summed E-state index contributed by atoms with van der Waals surface area (Å²) in [5, 5.41) is 12.0. The molecule has 1 aromatic heterocycles. The first-order chi connectivity index (χ1) is 11.3. The maximum absolute atomic E-state index is 11.9. The van der Waals surface area contributed by atoms with Crippen LogP contribution in [0, 0.1) is 5.92 Å². The third-order valence-electron chi connectivity index (χ3n) is 4.03. The van der Waals surface area contributed by atoms with Gasteiger partial charge in [0, 0.05) is 6.54 Å². The molecular formula is C16H21N5O2. The van der Waals surface area contributed by atoms with E-state index in [1.165, 1.54) is 0 Å². The van der Waals surface area contributed by atoms with Crippen molar-refractivity contribution in [2.24, 2.45) is 5.92 Å². The summed E-state index contributed by atoms with van der Waals surface area (Å²) < 4.78 is 6.89. The minimum absolute atomic E-state index is 0.0512. The number of aromatic nitrogens is 4. The highest BCUT2D eigenvalue weighted by Crippen LogP contribution is 2.20. The molecule has 1 fully saturated rings. The summed E-state index contributed by atoms with van der Waals surface area (Å²) >= 11 is 0. The molecule has 0 aliphatic carbocycles. The average Bonchev–Trinajstić information content (AvgIpc) is 3.04. The van der Waals surface area contributed by atoms with E-state index >= 15 is 0 Å². The van der Waals surface area contributed by atoms with Gasteiger partial charge < -0.3 is 4.74 Å². The molecule has 0 N–H and O–H groups in total. The lowest BCUT2D eigenvalue weighted by atomic mass is 9.98. The summed E-state index contributed by atoms with van der Waals surface area (Å²) in [4.78, 5) is 14.2. The highest BCUT2D eigenvalue weighted by Gasteiger charge is 2.27. The highest BCUT2D eigenvalue weighted by atomic mass is 16.5. The van der Waals surface area contributed by atoms with Crippen LogP contribution in [0.15, 0.2) is 30.3 Å². The summed E-state index contributed by atoms with van der Waals surface area (Å²) in [6.07, 6.45) is 1.87. The van der Waals surface area contributed by atoms with Crippen molar-refractivity contribution in [3.63, 3.8) is 0 Å². The van der Waals surface area contributed by atoms with Gasteiger partial charge >= 0.3 is 5.97 Å². The van der Waals surface area contributed by atoms with Crippen LogP contribution in [0.4, 0.5) is 0 Å². The first-order valence-corrected chi connectivity index (χ1v) is 7.99. The van der Waals surface area contributed by atoms with Gasteiger partial charge in [-0.05, 0) is 48.9 Å². The summed E-state index contributed by atoms with van der Waals surface area (Å²) in [6, 6.07) is 9.81. The zero-order chi connectivity index (χ0) is 16.1. The van der Waals surface area contributed by atoms with E-state index in [0.29, 0.717) is 19.7 Å². The van der Waals surface area contributed by atoms with Crippen LogP contribution in [-0.2, 0) is 16.1 Å². The van der Waals surface area contributed by atoms with E-state index in [9.17, 15) is 4.79 Å². The predicted octanol–water partition coefficient (Wildman–Crippen LogP) is 1.44. The molecule has 0 bridgehead atoms. The van der Waals surface area contributed by atoms with Crippen molar-refractivity contribution in [2.45, 2.75) is 26.3 Å². The van der Waals surface area contributed by atoms with Crippen LogP contribution < -0.4 is 0 Å². The van der Waals surface area contributed by atoms with E-state index in [1.807, 2.05) is 37.3 Å². The Morgan fingerprint density at radius 3 is 2.96 bits per heavy atom. The molecule has 7 heteroatoms. The fourth-order valence-electron chi connectivity index (χ4n) is 2.93. The molecule has 1 unspecified atom stereocenters. The Balaban J connectivity index is 1.68. The van der Waals surface area contributed by atoms with Crippen LogP contribution in [0.25, 0.3) is 5.69 Å². The second-order valence-electron chi connectivity index (χ2n) is 5.67. The molecule has 1 atom stereocenters. The van der Waals surface area contributed by atoms with E-state index < -0.39 is 0 Å². The number of rotatable bonds is 5. The van der Waals surface area contributed by atoms with E-state index in [-0.39, 0.29) is 11.9 Å². The lowest BCUT2D eigenvalue weighted by Gasteiger charge is -2.30. The maximum atomic E-state index is 11.9. The van der Waals surface area contributed by atoms with Gasteiger partial charge in [0.1, 0.15) is 0 Å². The molecule has 0 amide bonds. The molecule has 2 aromatic rings. The highest BCUT2D eigenvalue weighted by molar-refractivity contribution is 5.72. The van der Waals surface area contributed by atoms with Crippen LogP contribution in [-0.4, -0.2) is 50.8 Å². The molecule has 0 radical (unpaired) electrons. The zero-order valence-corrected chi connectivity index (χ0v) is 13.3. The van der Waals surface area contributed by atoms with Gasteiger partial charge in [0.05, 0.1) is 24.8 Å². The molecule has 1 saturated heterocycles. The number of tetrazole rings is 1. The van der Waals surface area contributed by atoms with Crippen molar-refractivity contribution < 1.29 is 9.53 Å². The topological polar surface area (TPSA) is 73.1 Å². The van der Waals surface area contributed by atoms with Crippen LogP contribution in [0.3, 0.4) is 0 Å². The Labute approximate surface area is 135 Å².